The molecular weight excluding hydrogens is 328 g/mol. The number of benzene rings is 2. The third-order valence-electron chi connectivity index (χ3n) is 4.35. The van der Waals surface area contributed by atoms with E-state index in [1.165, 1.54) is 16.7 Å². The van der Waals surface area contributed by atoms with Gasteiger partial charge < -0.3 is 10.2 Å². The summed E-state index contributed by atoms with van der Waals surface area (Å²) in [6, 6.07) is 16.7. The molecule has 134 valence electrons. The maximum Gasteiger partial charge on any atom is 0.251 e. The molecule has 0 bridgehead atoms. The van der Waals surface area contributed by atoms with E-state index in [1.54, 1.807) is 11.8 Å². The van der Waals surface area contributed by atoms with Crippen LogP contribution in [0.15, 0.2) is 48.5 Å². The highest BCUT2D eigenvalue weighted by molar-refractivity contribution is 7.97. The van der Waals surface area contributed by atoms with Crippen LogP contribution < -0.4 is 5.32 Å². The van der Waals surface area contributed by atoms with Gasteiger partial charge in [0.1, 0.15) is 0 Å². The van der Waals surface area contributed by atoms with Gasteiger partial charge >= 0.3 is 0 Å². The van der Waals surface area contributed by atoms with Crippen LogP contribution in [-0.2, 0) is 12.2 Å². The number of aryl methyl sites for hydroxylation is 1. The van der Waals surface area contributed by atoms with E-state index in [2.05, 4.69) is 53.7 Å². The molecular formula is C21H28N2OS. The summed E-state index contributed by atoms with van der Waals surface area (Å²) in [5.74, 6) is 0.908. The molecule has 0 saturated carbocycles. The van der Waals surface area contributed by atoms with E-state index < -0.39 is 0 Å². The molecule has 1 N–H and O–H groups in total. The van der Waals surface area contributed by atoms with Crippen LogP contribution >= 0.6 is 11.8 Å². The van der Waals surface area contributed by atoms with E-state index in [1.807, 2.05) is 32.3 Å². The van der Waals surface area contributed by atoms with E-state index in [4.69, 9.17) is 0 Å². The van der Waals surface area contributed by atoms with Crippen LogP contribution in [0.4, 0.5) is 0 Å². The Morgan fingerprint density at radius 1 is 1.12 bits per heavy atom. The summed E-state index contributed by atoms with van der Waals surface area (Å²) >= 11 is 1.76. The van der Waals surface area contributed by atoms with Crippen molar-refractivity contribution in [1.82, 2.24) is 10.2 Å². The van der Waals surface area contributed by atoms with E-state index in [0.29, 0.717) is 6.54 Å². The smallest absolute Gasteiger partial charge is 0.251 e. The summed E-state index contributed by atoms with van der Waals surface area (Å²) in [4.78, 5) is 14.7. The standard InChI is InChI=1S/C21H28N2OS/c1-5-16-9-11-18(12-10-16)20(23(2)3)14-22-21(24)19-8-6-7-17(13-19)15-25-4/h6-13,20H,5,14-15H2,1-4H3,(H,22,24). The van der Waals surface area contributed by atoms with Crippen molar-refractivity contribution in [3.63, 3.8) is 0 Å². The van der Waals surface area contributed by atoms with Gasteiger partial charge in [-0.2, -0.15) is 11.8 Å². The first-order valence-corrected chi connectivity index (χ1v) is 10.1. The van der Waals surface area contributed by atoms with Crippen LogP contribution in [0.25, 0.3) is 0 Å². The first-order valence-electron chi connectivity index (χ1n) is 8.66. The minimum atomic E-state index is -0.0139. The van der Waals surface area contributed by atoms with Crippen LogP contribution in [0.2, 0.25) is 0 Å². The molecule has 2 aromatic rings. The third kappa shape index (κ3) is 5.62. The number of amides is 1. The summed E-state index contributed by atoms with van der Waals surface area (Å²) in [6.07, 6.45) is 3.11. The Labute approximate surface area is 155 Å². The highest BCUT2D eigenvalue weighted by Gasteiger charge is 2.16. The minimum absolute atomic E-state index is 0.0139. The zero-order valence-electron chi connectivity index (χ0n) is 15.6. The van der Waals surface area contributed by atoms with Gasteiger partial charge in [0.15, 0.2) is 0 Å². The number of carbonyl (C=O) groups excluding carboxylic acids is 1. The van der Waals surface area contributed by atoms with Gasteiger partial charge in [-0.1, -0.05) is 43.3 Å². The molecule has 0 saturated heterocycles. The predicted octanol–water partition coefficient (Wildman–Crippen LogP) is 4.14. The summed E-state index contributed by atoms with van der Waals surface area (Å²) in [6.45, 7) is 2.74. The van der Waals surface area contributed by atoms with Crippen molar-refractivity contribution in [3.05, 3.63) is 70.8 Å². The van der Waals surface area contributed by atoms with Crippen LogP contribution in [0.5, 0.6) is 0 Å². The molecule has 3 nitrogen and oxygen atoms in total. The fraction of sp³-hybridized carbons (Fsp3) is 0.381. The molecule has 0 radical (unpaired) electrons. The van der Waals surface area contributed by atoms with Gasteiger partial charge in [0, 0.05) is 17.9 Å². The monoisotopic (exact) mass is 356 g/mol. The Kier molecular flexibility index (Phi) is 7.53. The van der Waals surface area contributed by atoms with Gasteiger partial charge in [0.2, 0.25) is 0 Å². The van der Waals surface area contributed by atoms with Gasteiger partial charge in [0.25, 0.3) is 5.91 Å². The van der Waals surface area contributed by atoms with Crippen LogP contribution in [0, 0.1) is 0 Å². The number of nitrogens with one attached hydrogen (secondary N) is 1. The summed E-state index contributed by atoms with van der Waals surface area (Å²) in [7, 11) is 4.09. The normalized spacial score (nSPS) is 12.2. The number of hydrogen-bond acceptors (Lipinski definition) is 3. The molecule has 0 heterocycles. The molecule has 1 amide bonds. The van der Waals surface area contributed by atoms with E-state index in [-0.39, 0.29) is 11.9 Å². The Hall–Kier alpha value is -1.78. The highest BCUT2D eigenvalue weighted by Crippen LogP contribution is 2.19. The van der Waals surface area contributed by atoms with Gasteiger partial charge in [-0.15, -0.1) is 0 Å². The zero-order chi connectivity index (χ0) is 18.2. The van der Waals surface area contributed by atoms with Crippen LogP contribution in [-0.4, -0.2) is 37.7 Å². The molecule has 0 fully saturated rings. The van der Waals surface area contributed by atoms with Crippen molar-refractivity contribution in [3.8, 4) is 0 Å². The Morgan fingerprint density at radius 3 is 2.44 bits per heavy atom. The molecule has 0 aliphatic heterocycles. The van der Waals surface area contributed by atoms with Crippen molar-refractivity contribution in [2.45, 2.75) is 25.1 Å². The maximum atomic E-state index is 12.5. The van der Waals surface area contributed by atoms with Crippen molar-refractivity contribution in [1.29, 1.82) is 0 Å². The molecule has 25 heavy (non-hydrogen) atoms. The van der Waals surface area contributed by atoms with Crippen LogP contribution in [0.1, 0.15) is 40.0 Å². The zero-order valence-corrected chi connectivity index (χ0v) is 16.4. The SMILES string of the molecule is CCc1ccc(C(CNC(=O)c2cccc(CSC)c2)N(C)C)cc1. The average molecular weight is 357 g/mol. The molecule has 1 unspecified atom stereocenters. The number of rotatable bonds is 8. The molecule has 0 spiro atoms. The predicted molar refractivity (Wildman–Crippen MR) is 108 cm³/mol. The first-order chi connectivity index (χ1) is 12.0. The fourth-order valence-electron chi connectivity index (χ4n) is 2.83. The van der Waals surface area contributed by atoms with E-state index >= 15 is 0 Å². The topological polar surface area (TPSA) is 32.3 Å². The molecule has 0 aliphatic carbocycles. The number of nitrogens with zero attached hydrogens (tertiary/aromatic N) is 1. The molecule has 4 heteroatoms. The van der Waals surface area contributed by atoms with Gasteiger partial charge in [-0.25, -0.2) is 0 Å². The number of carbonyl (C=O) groups is 1. The second-order valence-corrected chi connectivity index (χ2v) is 7.28. The first kappa shape index (κ1) is 19.5. The summed E-state index contributed by atoms with van der Waals surface area (Å²) in [5, 5.41) is 3.09. The second-order valence-electron chi connectivity index (χ2n) is 6.42. The Bertz CT molecular complexity index is 683. The van der Waals surface area contributed by atoms with Crippen molar-refractivity contribution in [2.24, 2.45) is 0 Å². The number of thioether (sulfide) groups is 1. The molecule has 0 aromatic heterocycles. The van der Waals surface area contributed by atoms with Gasteiger partial charge in [0.05, 0.1) is 6.04 Å². The fourth-order valence-corrected chi connectivity index (χ4v) is 3.35. The van der Waals surface area contributed by atoms with E-state index in [0.717, 1.165) is 17.7 Å². The van der Waals surface area contributed by atoms with E-state index in [9.17, 15) is 4.79 Å². The maximum absolute atomic E-state index is 12.5. The average Bonchev–Trinajstić information content (AvgIpc) is 2.62. The van der Waals surface area contributed by atoms with Crippen molar-refractivity contribution < 1.29 is 4.79 Å². The lowest BCUT2D eigenvalue weighted by molar-refractivity contribution is 0.0942. The van der Waals surface area contributed by atoms with Crippen molar-refractivity contribution in [2.75, 3.05) is 26.9 Å². The van der Waals surface area contributed by atoms with Crippen molar-refractivity contribution >= 4 is 17.7 Å². The lowest BCUT2D eigenvalue weighted by atomic mass is 10.0. The summed E-state index contributed by atoms with van der Waals surface area (Å²) < 4.78 is 0. The van der Waals surface area contributed by atoms with Crippen LogP contribution in [0.3, 0.4) is 0 Å². The largest absolute Gasteiger partial charge is 0.350 e. The van der Waals surface area contributed by atoms with Gasteiger partial charge in [-0.05, 0) is 55.6 Å². The Morgan fingerprint density at radius 2 is 1.84 bits per heavy atom. The minimum Gasteiger partial charge on any atom is -0.350 e. The molecule has 1 atom stereocenters. The third-order valence-corrected chi connectivity index (χ3v) is 4.97. The summed E-state index contributed by atoms with van der Waals surface area (Å²) in [5.41, 5.74) is 4.46. The molecule has 0 aliphatic rings. The Balaban J connectivity index is 2.05. The second kappa shape index (κ2) is 9.64. The molecule has 2 rings (SSSR count). The highest BCUT2D eigenvalue weighted by atomic mass is 32.2. The van der Waals surface area contributed by atoms with Gasteiger partial charge in [-0.3, -0.25) is 4.79 Å². The lowest BCUT2D eigenvalue weighted by Crippen LogP contribution is -2.34. The molecule has 2 aromatic carbocycles. The number of likely N-dealkylation sites (N-methyl/N-ethyl adjacent to an activating group) is 1. The lowest BCUT2D eigenvalue weighted by Gasteiger charge is -2.25. The number of hydrogen-bond donors (Lipinski definition) is 1. The quantitative estimate of drug-likeness (QED) is 0.771.